The van der Waals surface area contributed by atoms with E-state index in [9.17, 15) is 0 Å². The number of furan rings is 1. The van der Waals surface area contributed by atoms with Crippen molar-refractivity contribution in [3.8, 4) is 28.3 Å². The molecule has 0 unspecified atom stereocenters. The van der Waals surface area contributed by atoms with Gasteiger partial charge >= 0.3 is 0 Å². The standard InChI is InChI=1S/C28H22N3O.C11H8N.Ir/c1-16-14-15-22(27-24(16)21-12-8-9-13-23(21)32-27)28-30-25-17(2)18(3)29-19(4)26(25)31(28)20-10-6-5-7-11-20;1-2-6-10(7-3-1)11-8-4-5-9-12-11;/h5-14H,1-4H3;1-6,8-9H;/q2*-1;. The summed E-state index contributed by atoms with van der Waals surface area (Å²) in [5, 5.41) is 2.23. The first kappa shape index (κ1) is 30.1. The number of rotatable bonds is 3. The third kappa shape index (κ3) is 5.48. The largest absolute Gasteiger partial charge is 0.501 e. The quantitative estimate of drug-likeness (QED) is 0.168. The van der Waals surface area contributed by atoms with E-state index in [2.05, 4.69) is 60.7 Å². The normalized spacial score (nSPS) is 10.9. The van der Waals surface area contributed by atoms with Crippen LogP contribution in [0, 0.1) is 39.8 Å². The summed E-state index contributed by atoms with van der Waals surface area (Å²) in [7, 11) is 0. The van der Waals surface area contributed by atoms with Crippen LogP contribution in [0.15, 0.2) is 114 Å². The van der Waals surface area contributed by atoms with E-state index < -0.39 is 0 Å². The Morgan fingerprint density at radius 1 is 0.733 bits per heavy atom. The maximum absolute atomic E-state index is 6.39. The Kier molecular flexibility index (Phi) is 8.44. The second-order valence-corrected chi connectivity index (χ2v) is 10.9. The molecule has 4 aromatic heterocycles. The van der Waals surface area contributed by atoms with E-state index in [1.165, 1.54) is 0 Å². The zero-order valence-corrected chi connectivity index (χ0v) is 27.8. The average molecular weight is 763 g/mol. The molecule has 0 aliphatic carbocycles. The van der Waals surface area contributed by atoms with Crippen LogP contribution in [0.4, 0.5) is 0 Å². The third-order valence-electron chi connectivity index (χ3n) is 7.99. The fourth-order valence-corrected chi connectivity index (χ4v) is 5.74. The van der Waals surface area contributed by atoms with Gasteiger partial charge < -0.3 is 14.0 Å². The van der Waals surface area contributed by atoms with Gasteiger partial charge in [0, 0.05) is 43.1 Å². The van der Waals surface area contributed by atoms with E-state index in [-0.39, 0.29) is 20.1 Å². The molecule has 4 aromatic carbocycles. The number of aryl methyl sites for hydroxylation is 4. The molecule has 6 heteroatoms. The predicted octanol–water partition coefficient (Wildman–Crippen LogP) is 9.57. The maximum atomic E-state index is 6.39. The van der Waals surface area contributed by atoms with E-state index in [0.717, 1.165) is 83.8 Å². The number of hydrogen-bond donors (Lipinski definition) is 0. The van der Waals surface area contributed by atoms with Crippen LogP contribution >= 0.6 is 0 Å². The number of hydrogen-bond acceptors (Lipinski definition) is 4. The minimum absolute atomic E-state index is 0. The van der Waals surface area contributed by atoms with E-state index >= 15 is 0 Å². The SMILES string of the molecule is Cc1nc(C)c2c(nc(-c3[c-]cc(C)c4c3oc3ccccc34)n2-c2ccccc2)c1C.[Ir].[c-]1ccccc1-c1ccccn1. The van der Waals surface area contributed by atoms with Gasteiger partial charge in [-0.3, -0.25) is 9.97 Å². The fraction of sp³-hybridized carbons (Fsp3) is 0.103. The summed E-state index contributed by atoms with van der Waals surface area (Å²) >= 11 is 0. The molecule has 0 atom stereocenters. The fourth-order valence-electron chi connectivity index (χ4n) is 5.74. The molecule has 223 valence electrons. The molecular formula is C39H30IrN4O-2. The van der Waals surface area contributed by atoms with Crippen LogP contribution in [0.1, 0.15) is 22.5 Å². The minimum atomic E-state index is 0. The molecule has 1 radical (unpaired) electrons. The number of para-hydroxylation sites is 2. The molecule has 0 aliphatic rings. The van der Waals surface area contributed by atoms with E-state index in [1.807, 2.05) is 91.9 Å². The van der Waals surface area contributed by atoms with Gasteiger partial charge in [0.15, 0.2) is 0 Å². The molecule has 4 heterocycles. The predicted molar refractivity (Wildman–Crippen MR) is 178 cm³/mol. The van der Waals surface area contributed by atoms with Gasteiger partial charge in [-0.15, -0.1) is 53.6 Å². The van der Waals surface area contributed by atoms with Gasteiger partial charge in [-0.1, -0.05) is 66.4 Å². The number of aromatic nitrogens is 4. The van der Waals surface area contributed by atoms with Crippen molar-refractivity contribution in [2.24, 2.45) is 0 Å². The van der Waals surface area contributed by atoms with Gasteiger partial charge in [0.05, 0.1) is 28.1 Å². The topological polar surface area (TPSA) is 56.7 Å². The summed E-state index contributed by atoms with van der Waals surface area (Å²) in [6.07, 6.45) is 1.79. The van der Waals surface area contributed by atoms with Gasteiger partial charge in [0.25, 0.3) is 0 Å². The van der Waals surface area contributed by atoms with Crippen LogP contribution in [0.2, 0.25) is 0 Å². The molecule has 0 amide bonds. The molecule has 0 fully saturated rings. The summed E-state index contributed by atoms with van der Waals surface area (Å²) in [6, 6.07) is 40.8. The second kappa shape index (κ2) is 12.6. The average Bonchev–Trinajstić information content (AvgIpc) is 3.66. The van der Waals surface area contributed by atoms with Gasteiger partial charge in [0.2, 0.25) is 0 Å². The maximum Gasteiger partial charge on any atom is 0.120 e. The Morgan fingerprint density at radius 2 is 1.49 bits per heavy atom. The number of imidazole rings is 1. The number of fused-ring (bicyclic) bond motifs is 4. The Morgan fingerprint density at radius 3 is 2.24 bits per heavy atom. The van der Waals surface area contributed by atoms with E-state index in [4.69, 9.17) is 14.4 Å². The first-order valence-corrected chi connectivity index (χ1v) is 14.6. The molecule has 8 rings (SSSR count). The van der Waals surface area contributed by atoms with Crippen LogP contribution in [0.5, 0.6) is 0 Å². The van der Waals surface area contributed by atoms with Gasteiger partial charge in [-0.05, 0) is 56.3 Å². The Balaban J connectivity index is 0.000000231. The molecule has 0 saturated carbocycles. The monoisotopic (exact) mass is 763 g/mol. The smallest absolute Gasteiger partial charge is 0.120 e. The third-order valence-corrected chi connectivity index (χ3v) is 7.99. The van der Waals surface area contributed by atoms with Gasteiger partial charge in [-0.2, -0.15) is 0 Å². The molecule has 0 bridgehead atoms. The summed E-state index contributed by atoms with van der Waals surface area (Å²) in [5.41, 5.74) is 11.8. The van der Waals surface area contributed by atoms with Crippen molar-refractivity contribution >= 4 is 33.0 Å². The Bertz CT molecular complexity index is 2220. The molecule has 0 aliphatic heterocycles. The number of pyridine rings is 2. The van der Waals surface area contributed by atoms with Gasteiger partial charge in [-0.25, -0.2) is 0 Å². The van der Waals surface area contributed by atoms with Crippen molar-refractivity contribution < 1.29 is 24.5 Å². The second-order valence-electron chi connectivity index (χ2n) is 10.9. The molecule has 0 N–H and O–H groups in total. The summed E-state index contributed by atoms with van der Waals surface area (Å²) < 4.78 is 8.58. The van der Waals surface area contributed by atoms with E-state index in [0.29, 0.717) is 0 Å². The molecule has 8 aromatic rings. The first-order chi connectivity index (χ1) is 21.5. The first-order valence-electron chi connectivity index (χ1n) is 14.6. The van der Waals surface area contributed by atoms with Crippen molar-refractivity contribution in [2.45, 2.75) is 27.7 Å². The zero-order chi connectivity index (χ0) is 30.2. The van der Waals surface area contributed by atoms with Crippen LogP contribution in [0.3, 0.4) is 0 Å². The van der Waals surface area contributed by atoms with Crippen LogP contribution < -0.4 is 0 Å². The Hall–Kier alpha value is -4.90. The molecular weight excluding hydrogens is 733 g/mol. The van der Waals surface area contributed by atoms with Crippen molar-refractivity contribution in [3.05, 3.63) is 144 Å². The molecule has 45 heavy (non-hydrogen) atoms. The molecule has 5 nitrogen and oxygen atoms in total. The minimum Gasteiger partial charge on any atom is -0.501 e. The Labute approximate surface area is 276 Å². The van der Waals surface area contributed by atoms with Crippen molar-refractivity contribution in [3.63, 3.8) is 0 Å². The van der Waals surface area contributed by atoms with Crippen molar-refractivity contribution in [1.29, 1.82) is 0 Å². The molecule has 0 saturated heterocycles. The summed E-state index contributed by atoms with van der Waals surface area (Å²) in [5.74, 6) is 0.814. The number of nitrogens with zero attached hydrogens (tertiary/aromatic N) is 4. The van der Waals surface area contributed by atoms with Crippen molar-refractivity contribution in [2.75, 3.05) is 0 Å². The summed E-state index contributed by atoms with van der Waals surface area (Å²) in [6.45, 7) is 8.28. The summed E-state index contributed by atoms with van der Waals surface area (Å²) in [4.78, 5) is 14.2. The van der Waals surface area contributed by atoms with Crippen LogP contribution in [-0.2, 0) is 20.1 Å². The number of benzene rings is 4. The van der Waals surface area contributed by atoms with Gasteiger partial charge in [0.1, 0.15) is 5.58 Å². The van der Waals surface area contributed by atoms with Crippen LogP contribution in [0.25, 0.3) is 61.3 Å². The van der Waals surface area contributed by atoms with E-state index in [1.54, 1.807) is 6.20 Å². The molecule has 0 spiro atoms. The van der Waals surface area contributed by atoms with Crippen molar-refractivity contribution in [1.82, 2.24) is 19.5 Å². The zero-order valence-electron chi connectivity index (χ0n) is 25.4. The van der Waals surface area contributed by atoms with Crippen LogP contribution in [-0.4, -0.2) is 19.5 Å².